The molecule has 0 saturated carbocycles. The third kappa shape index (κ3) is 5.58. The highest BCUT2D eigenvalue weighted by atomic mass is 32.1. The Labute approximate surface area is 240 Å². The first-order valence-corrected chi connectivity index (χ1v) is 14.0. The van der Waals surface area contributed by atoms with Gasteiger partial charge in [-0.1, -0.05) is 73.7 Å². The van der Waals surface area contributed by atoms with Crippen molar-refractivity contribution >= 4 is 40.1 Å². The molecule has 3 aromatic carbocycles. The van der Waals surface area contributed by atoms with Crippen molar-refractivity contribution in [1.82, 2.24) is 4.57 Å². The molecule has 0 unspecified atom stereocenters. The van der Waals surface area contributed by atoms with Crippen LogP contribution in [0.1, 0.15) is 44.9 Å². The van der Waals surface area contributed by atoms with Crippen LogP contribution in [-0.2, 0) is 14.3 Å². The monoisotopic (exact) mass is 570 g/mol. The number of nitrogens with zero attached hydrogens (tertiary/aromatic N) is 2. The molecule has 0 amide bonds. The van der Waals surface area contributed by atoms with Gasteiger partial charge in [-0.2, -0.15) is 0 Å². The Kier molecular flexibility index (Phi) is 7.90. The van der Waals surface area contributed by atoms with Crippen LogP contribution in [0.15, 0.2) is 81.7 Å². The highest BCUT2D eigenvalue weighted by molar-refractivity contribution is 7.07. The van der Waals surface area contributed by atoms with Gasteiger partial charge in [-0.25, -0.2) is 9.79 Å². The fraction of sp³-hybridized carbons (Fsp3) is 0.250. The van der Waals surface area contributed by atoms with Crippen LogP contribution in [0.5, 0.6) is 11.5 Å². The summed E-state index contributed by atoms with van der Waals surface area (Å²) in [5.41, 5.74) is 1.93. The number of thiazole rings is 1. The Morgan fingerprint density at radius 3 is 2.56 bits per heavy atom. The maximum Gasteiger partial charge on any atom is 0.338 e. The van der Waals surface area contributed by atoms with E-state index in [1.165, 1.54) is 29.9 Å². The quantitative estimate of drug-likeness (QED) is 0.240. The topological polar surface area (TPSA) is 96.2 Å². The number of benzene rings is 3. The molecule has 1 aliphatic rings. The lowest BCUT2D eigenvalue weighted by molar-refractivity contribution is -0.140. The Morgan fingerprint density at radius 2 is 1.83 bits per heavy atom. The number of fused-ring (bicyclic) bond motifs is 2. The van der Waals surface area contributed by atoms with E-state index in [2.05, 4.69) is 4.99 Å². The maximum atomic E-state index is 14.1. The zero-order chi connectivity index (χ0) is 29.3. The molecule has 4 aromatic rings. The van der Waals surface area contributed by atoms with Crippen molar-refractivity contribution in [3.05, 3.63) is 103 Å². The first-order valence-electron chi connectivity index (χ1n) is 13.2. The van der Waals surface area contributed by atoms with Crippen molar-refractivity contribution in [2.45, 2.75) is 33.7 Å². The smallest absolute Gasteiger partial charge is 0.338 e. The third-order valence-electron chi connectivity index (χ3n) is 6.66. The molecule has 0 saturated heterocycles. The summed E-state index contributed by atoms with van der Waals surface area (Å²) in [6, 6.07) is 18.1. The van der Waals surface area contributed by atoms with E-state index in [1.807, 2.05) is 62.4 Å². The van der Waals surface area contributed by atoms with Crippen LogP contribution in [0.4, 0.5) is 0 Å². The lowest BCUT2D eigenvalue weighted by Crippen LogP contribution is -2.40. The molecule has 1 aliphatic heterocycles. The number of methoxy groups -OCH3 is 1. The van der Waals surface area contributed by atoms with Gasteiger partial charge < -0.3 is 14.2 Å². The van der Waals surface area contributed by atoms with Crippen molar-refractivity contribution < 1.29 is 23.8 Å². The summed E-state index contributed by atoms with van der Waals surface area (Å²) < 4.78 is 18.4. The lowest BCUT2D eigenvalue weighted by Gasteiger charge is -2.25. The molecular weight excluding hydrogens is 540 g/mol. The van der Waals surface area contributed by atoms with Crippen LogP contribution >= 0.6 is 11.3 Å². The van der Waals surface area contributed by atoms with Gasteiger partial charge in [-0.3, -0.25) is 14.2 Å². The minimum atomic E-state index is -0.833. The number of ether oxygens (including phenoxy) is 3. The molecule has 8 nitrogen and oxygen atoms in total. The number of allylic oxidation sites excluding steroid dienone is 1. The van der Waals surface area contributed by atoms with Gasteiger partial charge in [-0.05, 0) is 52.9 Å². The fourth-order valence-corrected chi connectivity index (χ4v) is 5.87. The van der Waals surface area contributed by atoms with E-state index < -0.39 is 18.0 Å². The van der Waals surface area contributed by atoms with Crippen molar-refractivity contribution in [2.75, 3.05) is 13.7 Å². The zero-order valence-electron chi connectivity index (χ0n) is 23.5. The van der Waals surface area contributed by atoms with Gasteiger partial charge in [0.2, 0.25) is 0 Å². The van der Waals surface area contributed by atoms with Crippen molar-refractivity contribution in [3.63, 3.8) is 0 Å². The highest BCUT2D eigenvalue weighted by Gasteiger charge is 2.34. The Hall–Kier alpha value is -4.50. The second-order valence-corrected chi connectivity index (χ2v) is 11.2. The first kappa shape index (κ1) is 28.0. The van der Waals surface area contributed by atoms with E-state index in [4.69, 9.17) is 14.2 Å². The summed E-state index contributed by atoms with van der Waals surface area (Å²) in [4.78, 5) is 44.3. The SMILES string of the molecule is COc1cc([C@H]2C(C(=O)OCC(C)C)=C(C)N=c3s/c(=C\c4cccc5ccccc45)c(=O)n32)ccc1OC(C)=O. The number of aromatic nitrogens is 1. The molecule has 0 aliphatic carbocycles. The Morgan fingerprint density at radius 1 is 1.07 bits per heavy atom. The van der Waals surface area contributed by atoms with E-state index in [0.717, 1.165) is 16.3 Å². The van der Waals surface area contributed by atoms with Gasteiger partial charge in [0.15, 0.2) is 16.3 Å². The minimum Gasteiger partial charge on any atom is -0.493 e. The van der Waals surface area contributed by atoms with Crippen LogP contribution < -0.4 is 24.4 Å². The number of carbonyl (C=O) groups excluding carboxylic acids is 2. The first-order chi connectivity index (χ1) is 19.7. The minimum absolute atomic E-state index is 0.128. The van der Waals surface area contributed by atoms with Crippen molar-refractivity contribution in [3.8, 4) is 11.5 Å². The summed E-state index contributed by atoms with van der Waals surface area (Å²) in [6.07, 6.45) is 1.86. The number of hydrogen-bond acceptors (Lipinski definition) is 8. The summed E-state index contributed by atoms with van der Waals surface area (Å²) in [5.74, 6) is -0.386. The second-order valence-electron chi connectivity index (χ2n) is 10.1. The summed E-state index contributed by atoms with van der Waals surface area (Å²) in [6.45, 7) is 7.17. The number of carbonyl (C=O) groups is 2. The van der Waals surface area contributed by atoms with Crippen molar-refractivity contribution in [1.29, 1.82) is 0 Å². The second kappa shape index (κ2) is 11.5. The largest absolute Gasteiger partial charge is 0.493 e. The average Bonchev–Trinajstić information content (AvgIpc) is 3.25. The molecule has 0 bridgehead atoms. The zero-order valence-corrected chi connectivity index (χ0v) is 24.3. The van der Waals surface area contributed by atoms with Gasteiger partial charge in [0.25, 0.3) is 5.56 Å². The van der Waals surface area contributed by atoms with E-state index in [9.17, 15) is 14.4 Å². The van der Waals surface area contributed by atoms with Gasteiger partial charge in [0.05, 0.1) is 35.6 Å². The molecular formula is C32H30N2O6S. The Bertz CT molecular complexity index is 1880. The molecule has 0 spiro atoms. The molecule has 9 heteroatoms. The molecule has 2 heterocycles. The van der Waals surface area contributed by atoms with Crippen LogP contribution in [0.3, 0.4) is 0 Å². The maximum absolute atomic E-state index is 14.1. The number of esters is 2. The van der Waals surface area contributed by atoms with Crippen LogP contribution in [0.2, 0.25) is 0 Å². The highest BCUT2D eigenvalue weighted by Crippen LogP contribution is 2.36. The van der Waals surface area contributed by atoms with Crippen molar-refractivity contribution in [2.24, 2.45) is 10.9 Å². The standard InChI is InChI=1S/C32H30N2O6S/c1-18(2)17-39-31(37)28-19(3)33-32-34(29(28)23-13-14-25(40-20(4)35)26(15-23)38-5)30(36)27(41-32)16-22-11-8-10-21-9-6-7-12-24(21)22/h6-16,18,29H,17H2,1-5H3/b27-16-/t29-/m0/s1. The summed E-state index contributed by atoms with van der Waals surface area (Å²) in [5, 5.41) is 2.09. The van der Waals surface area contributed by atoms with Crippen LogP contribution in [0, 0.1) is 5.92 Å². The van der Waals surface area contributed by atoms with E-state index in [-0.39, 0.29) is 29.4 Å². The third-order valence-corrected chi connectivity index (χ3v) is 7.64. The number of hydrogen-bond donors (Lipinski definition) is 0. The van der Waals surface area contributed by atoms with Crippen LogP contribution in [-0.4, -0.2) is 30.2 Å². The predicted octanol–water partition coefficient (Wildman–Crippen LogP) is 4.52. The molecule has 5 rings (SSSR count). The lowest BCUT2D eigenvalue weighted by atomic mass is 9.95. The summed E-state index contributed by atoms with van der Waals surface area (Å²) >= 11 is 1.26. The Balaban J connectivity index is 1.72. The molecule has 210 valence electrons. The van der Waals surface area contributed by atoms with Gasteiger partial charge >= 0.3 is 11.9 Å². The van der Waals surface area contributed by atoms with Gasteiger partial charge in [-0.15, -0.1) is 0 Å². The predicted molar refractivity (Wildman–Crippen MR) is 158 cm³/mol. The van der Waals surface area contributed by atoms with E-state index in [1.54, 1.807) is 25.1 Å². The molecule has 1 atom stereocenters. The van der Waals surface area contributed by atoms with E-state index in [0.29, 0.717) is 26.3 Å². The molecule has 0 N–H and O–H groups in total. The molecule has 0 radical (unpaired) electrons. The average molecular weight is 571 g/mol. The summed E-state index contributed by atoms with van der Waals surface area (Å²) in [7, 11) is 1.46. The van der Waals surface area contributed by atoms with Gasteiger partial charge in [0, 0.05) is 6.92 Å². The van der Waals surface area contributed by atoms with E-state index >= 15 is 0 Å². The fourth-order valence-electron chi connectivity index (χ4n) is 4.83. The van der Waals surface area contributed by atoms with Crippen LogP contribution in [0.25, 0.3) is 16.8 Å². The van der Waals surface area contributed by atoms with Gasteiger partial charge in [0.1, 0.15) is 0 Å². The molecule has 1 aromatic heterocycles. The normalized spacial score (nSPS) is 15.1. The molecule has 41 heavy (non-hydrogen) atoms. The number of rotatable bonds is 7. The molecule has 0 fully saturated rings.